The van der Waals surface area contributed by atoms with Gasteiger partial charge in [-0.25, -0.2) is 4.79 Å². The van der Waals surface area contributed by atoms with Gasteiger partial charge >= 0.3 is 5.97 Å². The zero-order valence-electron chi connectivity index (χ0n) is 33.0. The molecule has 51 heavy (non-hydrogen) atoms. The Hall–Kier alpha value is -3.20. The highest BCUT2D eigenvalue weighted by molar-refractivity contribution is 5.96. The zero-order valence-corrected chi connectivity index (χ0v) is 33.0. The standard InChI is InChI=1S/C42H68N4O5/c1-9-10-11-12-13-14-18-26-37(33-22-16-15-17-23-33)51-42(50)35-25-21-28-46(35)40(48)32(6)29-36(30(2)3)45(8)41(49)38(31(4)5)43-39(47)34-24-19-20-27-44(34)7/h15-17,22-23,29-31,34-38H,9-14,18-21,24-28H2,1-8H3,(H,43,47)/b32-29+/t34-,35?,36-,37?,38?/m1/s1. The molecule has 0 spiro atoms. The maximum Gasteiger partial charge on any atom is 0.329 e. The van der Waals surface area contributed by atoms with Crippen LogP contribution in [0.25, 0.3) is 0 Å². The highest BCUT2D eigenvalue weighted by atomic mass is 16.5. The van der Waals surface area contributed by atoms with Crippen LogP contribution in [0.1, 0.15) is 137 Å². The van der Waals surface area contributed by atoms with Gasteiger partial charge in [0.05, 0.1) is 12.1 Å². The quantitative estimate of drug-likeness (QED) is 0.0911. The van der Waals surface area contributed by atoms with E-state index in [2.05, 4.69) is 17.1 Å². The van der Waals surface area contributed by atoms with Gasteiger partial charge in [0.2, 0.25) is 17.7 Å². The minimum atomic E-state index is -0.681. The maximum absolute atomic E-state index is 14.0. The van der Waals surface area contributed by atoms with E-state index in [1.807, 2.05) is 71.2 Å². The number of unbranched alkanes of at least 4 members (excludes halogenated alkanes) is 6. The second kappa shape index (κ2) is 21.4. The Morgan fingerprint density at radius 3 is 2.16 bits per heavy atom. The highest BCUT2D eigenvalue weighted by Gasteiger charge is 2.38. The first-order chi connectivity index (χ1) is 24.4. The summed E-state index contributed by atoms with van der Waals surface area (Å²) in [6.07, 6.45) is 14.7. The minimum Gasteiger partial charge on any atom is -0.456 e. The molecular formula is C42H68N4O5. The number of hydrogen-bond acceptors (Lipinski definition) is 6. The van der Waals surface area contributed by atoms with Crippen molar-refractivity contribution in [1.82, 2.24) is 20.0 Å². The van der Waals surface area contributed by atoms with Gasteiger partial charge in [-0.1, -0.05) is 116 Å². The molecule has 2 aliphatic heterocycles. The van der Waals surface area contributed by atoms with Gasteiger partial charge in [-0.05, 0) is 76.4 Å². The van der Waals surface area contributed by atoms with E-state index in [4.69, 9.17) is 4.74 Å². The summed E-state index contributed by atoms with van der Waals surface area (Å²) >= 11 is 0. The summed E-state index contributed by atoms with van der Waals surface area (Å²) in [5, 5.41) is 3.06. The fraction of sp³-hybridized carbons (Fsp3) is 0.714. The Labute approximate surface area is 308 Å². The lowest BCUT2D eigenvalue weighted by Gasteiger charge is -2.36. The number of likely N-dealkylation sites (N-methyl/N-ethyl adjacent to an activating group) is 2. The van der Waals surface area contributed by atoms with Gasteiger partial charge < -0.3 is 19.9 Å². The molecule has 5 atom stereocenters. The normalized spacial score (nSPS) is 20.3. The van der Waals surface area contributed by atoms with E-state index in [1.54, 1.807) is 23.8 Å². The van der Waals surface area contributed by atoms with Gasteiger partial charge in [0.1, 0.15) is 18.2 Å². The van der Waals surface area contributed by atoms with E-state index in [9.17, 15) is 19.2 Å². The molecule has 1 N–H and O–H groups in total. The van der Waals surface area contributed by atoms with E-state index < -0.39 is 12.1 Å². The molecule has 2 fully saturated rings. The average Bonchev–Trinajstić information content (AvgIpc) is 3.61. The van der Waals surface area contributed by atoms with Crippen LogP contribution in [0.2, 0.25) is 0 Å². The van der Waals surface area contributed by atoms with Gasteiger partial charge in [-0.2, -0.15) is 0 Å². The average molecular weight is 709 g/mol. The third-order valence-corrected chi connectivity index (χ3v) is 10.8. The summed E-state index contributed by atoms with van der Waals surface area (Å²) < 4.78 is 6.20. The molecule has 0 bridgehead atoms. The van der Waals surface area contributed by atoms with Crippen molar-refractivity contribution in [2.75, 3.05) is 27.2 Å². The van der Waals surface area contributed by atoms with Crippen LogP contribution in [-0.4, -0.2) is 89.7 Å². The van der Waals surface area contributed by atoms with Gasteiger partial charge in [0.25, 0.3) is 0 Å². The smallest absolute Gasteiger partial charge is 0.329 e. The molecule has 3 amide bonds. The van der Waals surface area contributed by atoms with Crippen LogP contribution in [0.3, 0.4) is 0 Å². The van der Waals surface area contributed by atoms with Crippen LogP contribution >= 0.6 is 0 Å². The Morgan fingerprint density at radius 1 is 0.882 bits per heavy atom. The summed E-state index contributed by atoms with van der Waals surface area (Å²) in [5.74, 6) is -0.950. The molecule has 2 aliphatic rings. The molecule has 1 aromatic rings. The fourth-order valence-electron chi connectivity index (χ4n) is 7.56. The first kappa shape index (κ1) is 42.2. The number of likely N-dealkylation sites (tertiary alicyclic amines) is 2. The molecule has 2 saturated heterocycles. The molecule has 9 heteroatoms. The number of nitrogens with one attached hydrogen (secondary N) is 1. The van der Waals surface area contributed by atoms with Crippen molar-refractivity contribution in [2.24, 2.45) is 11.8 Å². The first-order valence-corrected chi connectivity index (χ1v) is 19.9. The summed E-state index contributed by atoms with van der Waals surface area (Å²) in [7, 11) is 3.71. The number of carbonyl (C=O) groups excluding carboxylic acids is 4. The van der Waals surface area contributed by atoms with Crippen molar-refractivity contribution in [3.63, 3.8) is 0 Å². The molecule has 9 nitrogen and oxygen atoms in total. The van der Waals surface area contributed by atoms with Gasteiger partial charge in [0, 0.05) is 19.2 Å². The fourth-order valence-corrected chi connectivity index (χ4v) is 7.56. The first-order valence-electron chi connectivity index (χ1n) is 19.9. The molecule has 0 aliphatic carbocycles. The highest BCUT2D eigenvalue weighted by Crippen LogP contribution is 2.29. The molecule has 286 valence electrons. The van der Waals surface area contributed by atoms with Gasteiger partial charge in [0.15, 0.2) is 0 Å². The topological polar surface area (TPSA) is 99.3 Å². The molecular weight excluding hydrogens is 640 g/mol. The number of hydrogen-bond donors (Lipinski definition) is 1. The second-order valence-electron chi connectivity index (χ2n) is 15.7. The minimum absolute atomic E-state index is 0.00677. The molecule has 1 aromatic carbocycles. The van der Waals surface area contributed by atoms with Crippen molar-refractivity contribution in [3.8, 4) is 0 Å². The van der Waals surface area contributed by atoms with Crippen LogP contribution in [0.15, 0.2) is 42.0 Å². The second-order valence-corrected chi connectivity index (χ2v) is 15.7. The van der Waals surface area contributed by atoms with E-state index in [-0.39, 0.29) is 53.7 Å². The van der Waals surface area contributed by atoms with E-state index in [0.717, 1.165) is 57.1 Å². The zero-order chi connectivity index (χ0) is 37.5. The number of piperidine rings is 1. The monoisotopic (exact) mass is 709 g/mol. The molecule has 0 saturated carbocycles. The predicted octanol–water partition coefficient (Wildman–Crippen LogP) is 7.46. The van der Waals surface area contributed by atoms with Gasteiger partial charge in [-0.15, -0.1) is 0 Å². The van der Waals surface area contributed by atoms with Crippen LogP contribution in [0, 0.1) is 11.8 Å². The van der Waals surface area contributed by atoms with Crippen molar-refractivity contribution in [1.29, 1.82) is 0 Å². The third kappa shape index (κ3) is 12.5. The molecule has 0 radical (unpaired) electrons. The summed E-state index contributed by atoms with van der Waals surface area (Å²) in [6.45, 7) is 13.3. The van der Waals surface area contributed by atoms with Crippen LogP contribution in [0.5, 0.6) is 0 Å². The lowest BCUT2D eigenvalue weighted by molar-refractivity contribution is -0.158. The number of nitrogens with zero attached hydrogens (tertiary/aromatic N) is 3. The predicted molar refractivity (Wildman–Crippen MR) is 205 cm³/mol. The number of benzene rings is 1. The van der Waals surface area contributed by atoms with Crippen molar-refractivity contribution in [2.45, 2.75) is 155 Å². The molecule has 3 unspecified atom stereocenters. The largest absolute Gasteiger partial charge is 0.456 e. The Morgan fingerprint density at radius 2 is 1.53 bits per heavy atom. The Kier molecular flexibility index (Phi) is 17.7. The lowest BCUT2D eigenvalue weighted by Crippen LogP contribution is -2.57. The summed E-state index contributed by atoms with van der Waals surface area (Å²) in [4.78, 5) is 60.3. The summed E-state index contributed by atoms with van der Waals surface area (Å²) in [6, 6.07) is 8.00. The van der Waals surface area contributed by atoms with Crippen LogP contribution < -0.4 is 5.32 Å². The van der Waals surface area contributed by atoms with E-state index in [0.29, 0.717) is 18.5 Å². The number of ether oxygens (including phenoxy) is 1. The lowest BCUT2D eigenvalue weighted by atomic mass is 9.96. The van der Waals surface area contributed by atoms with Crippen molar-refractivity contribution in [3.05, 3.63) is 47.5 Å². The van der Waals surface area contributed by atoms with Crippen molar-refractivity contribution >= 4 is 23.7 Å². The summed E-state index contributed by atoms with van der Waals surface area (Å²) in [5.41, 5.74) is 1.47. The molecule has 2 heterocycles. The van der Waals surface area contributed by atoms with E-state index >= 15 is 0 Å². The Balaban J connectivity index is 1.69. The molecule has 3 rings (SSSR count). The molecule has 0 aromatic heterocycles. The third-order valence-electron chi connectivity index (χ3n) is 10.8. The maximum atomic E-state index is 14.0. The van der Waals surface area contributed by atoms with Gasteiger partial charge in [-0.3, -0.25) is 19.3 Å². The number of rotatable bonds is 19. The number of carbonyl (C=O) groups is 4. The SMILES string of the molecule is CCCCCCCCCC(OC(=O)C1CCCN1C(=O)/C(C)=C/[C@H](C(C)C)N(C)C(=O)C(NC(=O)[C@H]1CCCCN1C)C(C)C)c1ccccc1. The number of amides is 3. The van der Waals surface area contributed by atoms with Crippen LogP contribution in [-0.2, 0) is 23.9 Å². The van der Waals surface area contributed by atoms with Crippen LogP contribution in [0.4, 0.5) is 0 Å². The Bertz CT molecular complexity index is 1280. The van der Waals surface area contributed by atoms with Crippen molar-refractivity contribution < 1.29 is 23.9 Å². The number of esters is 1. The van der Waals surface area contributed by atoms with E-state index in [1.165, 1.54) is 32.1 Å².